The van der Waals surface area contributed by atoms with Crippen molar-refractivity contribution in [3.8, 4) is 0 Å². The van der Waals surface area contributed by atoms with Crippen molar-refractivity contribution in [3.05, 3.63) is 20.8 Å². The number of aliphatic hydroxyl groups excluding tert-OH is 1. The van der Waals surface area contributed by atoms with Crippen molar-refractivity contribution in [2.45, 2.75) is 12.6 Å². The van der Waals surface area contributed by atoms with E-state index in [4.69, 9.17) is 10.8 Å². The van der Waals surface area contributed by atoms with Gasteiger partial charge in [0.15, 0.2) is 0 Å². The number of likely N-dealkylation sites (N-methyl/N-ethyl adjacent to an activating group) is 1. The van der Waals surface area contributed by atoms with E-state index in [9.17, 15) is 0 Å². The molecule has 0 amide bonds. The maximum absolute atomic E-state index is 8.80. The fourth-order valence-corrected chi connectivity index (χ4v) is 2.79. The van der Waals surface area contributed by atoms with E-state index >= 15 is 0 Å². The molecule has 0 aromatic carbocycles. The molecule has 1 aromatic rings. The van der Waals surface area contributed by atoms with Gasteiger partial charge < -0.3 is 10.8 Å². The molecule has 1 rings (SSSR count). The van der Waals surface area contributed by atoms with Gasteiger partial charge in [0, 0.05) is 24.0 Å². The van der Waals surface area contributed by atoms with E-state index in [0.29, 0.717) is 6.54 Å². The molecule has 0 saturated heterocycles. The first-order valence-electron chi connectivity index (χ1n) is 4.41. The lowest BCUT2D eigenvalue weighted by molar-refractivity contribution is 0.219. The highest BCUT2D eigenvalue weighted by atomic mass is 79.9. The summed E-state index contributed by atoms with van der Waals surface area (Å²) >= 11 is 5.14. The van der Waals surface area contributed by atoms with Crippen LogP contribution in [0.4, 0.5) is 0 Å². The van der Waals surface area contributed by atoms with Crippen molar-refractivity contribution in [3.63, 3.8) is 0 Å². The fourth-order valence-electron chi connectivity index (χ4n) is 1.23. The Morgan fingerprint density at radius 3 is 2.86 bits per heavy atom. The van der Waals surface area contributed by atoms with Crippen LogP contribution in [0.25, 0.3) is 0 Å². The van der Waals surface area contributed by atoms with E-state index in [-0.39, 0.29) is 12.6 Å². The number of nitrogens with two attached hydrogens (primary N) is 1. The molecular formula is C9H15BrN2OS. The largest absolute Gasteiger partial charge is 0.395 e. The molecule has 0 aliphatic carbocycles. The van der Waals surface area contributed by atoms with Gasteiger partial charge in [-0.15, -0.1) is 11.3 Å². The van der Waals surface area contributed by atoms with Gasteiger partial charge in [-0.2, -0.15) is 0 Å². The van der Waals surface area contributed by atoms with Crippen LogP contribution in [0.5, 0.6) is 0 Å². The highest BCUT2D eigenvalue weighted by Crippen LogP contribution is 2.22. The number of halogens is 1. The van der Waals surface area contributed by atoms with Gasteiger partial charge in [0.25, 0.3) is 0 Å². The van der Waals surface area contributed by atoms with Crippen molar-refractivity contribution >= 4 is 27.3 Å². The first-order chi connectivity index (χ1) is 6.61. The second kappa shape index (κ2) is 5.82. The molecule has 0 fully saturated rings. The lowest BCUT2D eigenvalue weighted by Crippen LogP contribution is -2.37. The number of hydrogen-bond donors (Lipinski definition) is 2. The van der Waals surface area contributed by atoms with Crippen molar-refractivity contribution in [2.24, 2.45) is 5.73 Å². The average Bonchev–Trinajstić information content (AvgIpc) is 2.50. The minimum Gasteiger partial charge on any atom is -0.395 e. The molecule has 0 aliphatic heterocycles. The summed E-state index contributed by atoms with van der Waals surface area (Å²) < 4.78 is 1.15. The van der Waals surface area contributed by atoms with Gasteiger partial charge in [0.1, 0.15) is 0 Å². The molecule has 5 heteroatoms. The molecule has 0 bridgehead atoms. The Bertz CT molecular complexity index is 280. The minimum atomic E-state index is -0.150. The van der Waals surface area contributed by atoms with Gasteiger partial charge in [0.05, 0.1) is 10.4 Å². The van der Waals surface area contributed by atoms with Crippen LogP contribution >= 0.6 is 27.3 Å². The summed E-state index contributed by atoms with van der Waals surface area (Å²) in [6.45, 7) is 1.63. The molecule has 1 aromatic heterocycles. The standard InChI is InChI=1S/C9H15BrN2OS/c1-12(4-7(11)6-13)5-8-2-3-9(10)14-8/h2-3,7,13H,4-6,11H2,1H3. The lowest BCUT2D eigenvalue weighted by Gasteiger charge is -2.18. The fraction of sp³-hybridized carbons (Fsp3) is 0.556. The summed E-state index contributed by atoms with van der Waals surface area (Å²) in [6, 6.07) is 3.98. The second-order valence-corrected chi connectivity index (χ2v) is 5.89. The van der Waals surface area contributed by atoms with Crippen LogP contribution in [0.15, 0.2) is 15.9 Å². The SMILES string of the molecule is CN(Cc1ccc(Br)s1)CC(N)CO. The number of thiophene rings is 1. The topological polar surface area (TPSA) is 49.5 Å². The van der Waals surface area contributed by atoms with Crippen molar-refractivity contribution in [1.82, 2.24) is 4.90 Å². The number of nitrogens with zero attached hydrogens (tertiary/aromatic N) is 1. The van der Waals surface area contributed by atoms with Crippen LogP contribution in [0.3, 0.4) is 0 Å². The maximum atomic E-state index is 8.80. The predicted molar refractivity (Wildman–Crippen MR) is 63.4 cm³/mol. The number of hydrogen-bond acceptors (Lipinski definition) is 4. The minimum absolute atomic E-state index is 0.0402. The Morgan fingerprint density at radius 2 is 2.36 bits per heavy atom. The van der Waals surface area contributed by atoms with Gasteiger partial charge in [-0.25, -0.2) is 0 Å². The summed E-state index contributed by atoms with van der Waals surface area (Å²) in [5.41, 5.74) is 5.64. The third-order valence-electron chi connectivity index (χ3n) is 1.84. The summed E-state index contributed by atoms with van der Waals surface area (Å²) in [6.07, 6.45) is 0. The van der Waals surface area contributed by atoms with Gasteiger partial charge in [-0.3, -0.25) is 4.90 Å². The molecular weight excluding hydrogens is 264 g/mol. The van der Waals surface area contributed by atoms with Crippen LogP contribution in [0.2, 0.25) is 0 Å². The molecule has 0 spiro atoms. The number of aliphatic hydroxyl groups is 1. The van der Waals surface area contributed by atoms with Crippen LogP contribution < -0.4 is 5.73 Å². The van der Waals surface area contributed by atoms with Crippen LogP contribution in [-0.2, 0) is 6.54 Å². The lowest BCUT2D eigenvalue weighted by atomic mass is 10.3. The Balaban J connectivity index is 2.37. The van der Waals surface area contributed by atoms with E-state index in [1.165, 1.54) is 4.88 Å². The zero-order valence-corrected chi connectivity index (χ0v) is 10.5. The van der Waals surface area contributed by atoms with Gasteiger partial charge in [0.2, 0.25) is 0 Å². The van der Waals surface area contributed by atoms with Crippen LogP contribution in [0, 0.1) is 0 Å². The third kappa shape index (κ3) is 4.06. The average molecular weight is 279 g/mol. The molecule has 3 N–H and O–H groups in total. The van der Waals surface area contributed by atoms with E-state index in [2.05, 4.69) is 26.9 Å². The second-order valence-electron chi connectivity index (χ2n) is 3.35. The van der Waals surface area contributed by atoms with Gasteiger partial charge in [-0.05, 0) is 35.1 Å². The maximum Gasteiger partial charge on any atom is 0.0701 e. The quantitative estimate of drug-likeness (QED) is 0.853. The molecule has 80 valence electrons. The first-order valence-corrected chi connectivity index (χ1v) is 6.02. The van der Waals surface area contributed by atoms with E-state index in [1.54, 1.807) is 11.3 Å². The van der Waals surface area contributed by atoms with E-state index in [0.717, 1.165) is 10.3 Å². The Morgan fingerprint density at radius 1 is 1.64 bits per heavy atom. The van der Waals surface area contributed by atoms with E-state index in [1.807, 2.05) is 13.1 Å². The summed E-state index contributed by atoms with van der Waals surface area (Å²) in [5, 5.41) is 8.80. The van der Waals surface area contributed by atoms with Gasteiger partial charge >= 0.3 is 0 Å². The van der Waals surface area contributed by atoms with Crippen LogP contribution in [0.1, 0.15) is 4.88 Å². The Kier molecular flexibility index (Phi) is 5.05. The molecule has 14 heavy (non-hydrogen) atoms. The number of rotatable bonds is 5. The van der Waals surface area contributed by atoms with Gasteiger partial charge in [-0.1, -0.05) is 0 Å². The zero-order valence-electron chi connectivity index (χ0n) is 8.11. The molecule has 1 atom stereocenters. The molecule has 0 saturated carbocycles. The summed E-state index contributed by atoms with van der Waals surface area (Å²) in [4.78, 5) is 3.41. The zero-order chi connectivity index (χ0) is 10.6. The smallest absolute Gasteiger partial charge is 0.0701 e. The highest BCUT2D eigenvalue weighted by molar-refractivity contribution is 9.11. The molecule has 3 nitrogen and oxygen atoms in total. The molecule has 1 unspecified atom stereocenters. The highest BCUT2D eigenvalue weighted by Gasteiger charge is 2.07. The summed E-state index contributed by atoms with van der Waals surface area (Å²) in [7, 11) is 2.00. The van der Waals surface area contributed by atoms with Crippen molar-refractivity contribution in [1.29, 1.82) is 0 Å². The summed E-state index contributed by atoms with van der Waals surface area (Å²) in [5.74, 6) is 0. The van der Waals surface area contributed by atoms with Crippen LogP contribution in [-0.4, -0.2) is 36.2 Å². The molecule has 0 radical (unpaired) electrons. The Hall–Kier alpha value is 0.0600. The Labute approximate surface area is 96.7 Å². The monoisotopic (exact) mass is 278 g/mol. The normalized spacial score (nSPS) is 13.5. The van der Waals surface area contributed by atoms with Crippen molar-refractivity contribution in [2.75, 3.05) is 20.2 Å². The first kappa shape index (κ1) is 12.1. The predicted octanol–water partition coefficient (Wildman–Crippen LogP) is 1.26. The molecule has 0 aliphatic rings. The van der Waals surface area contributed by atoms with E-state index < -0.39 is 0 Å². The molecule has 1 heterocycles. The van der Waals surface area contributed by atoms with Crippen molar-refractivity contribution < 1.29 is 5.11 Å². The third-order valence-corrected chi connectivity index (χ3v) is 3.44.